The molecule has 1 atom stereocenters. The molecule has 1 amide bonds. The third-order valence-electron chi connectivity index (χ3n) is 6.35. The summed E-state index contributed by atoms with van der Waals surface area (Å²) in [6.45, 7) is 0.445. The number of anilines is 1. The van der Waals surface area contributed by atoms with E-state index in [4.69, 9.17) is 16.0 Å². The number of rotatable bonds is 3. The zero-order valence-electron chi connectivity index (χ0n) is 17.8. The second kappa shape index (κ2) is 7.85. The molecular formula is C27H18ClFN2O3. The van der Waals surface area contributed by atoms with Gasteiger partial charge in [0.15, 0.2) is 5.43 Å². The molecule has 1 N–H and O–H groups in total. The van der Waals surface area contributed by atoms with Crippen LogP contribution >= 0.6 is 11.6 Å². The van der Waals surface area contributed by atoms with Crippen LogP contribution in [0.4, 0.5) is 10.1 Å². The topological polar surface area (TPSA) is 64.2 Å². The predicted octanol–water partition coefficient (Wildman–Crippen LogP) is 6.06. The first-order valence-corrected chi connectivity index (χ1v) is 11.2. The van der Waals surface area contributed by atoms with Crippen LogP contribution in [0.5, 0.6) is 0 Å². The number of nitrogens with zero attached hydrogens (tertiary/aromatic N) is 1. The average molecular weight is 473 g/mol. The molecule has 3 heterocycles. The summed E-state index contributed by atoms with van der Waals surface area (Å²) in [5.74, 6) is -0.996. The summed E-state index contributed by atoms with van der Waals surface area (Å²) in [4.78, 5) is 26.3. The molecule has 0 spiro atoms. The molecule has 168 valence electrons. The van der Waals surface area contributed by atoms with E-state index in [-0.39, 0.29) is 23.6 Å². The van der Waals surface area contributed by atoms with Gasteiger partial charge in [-0.1, -0.05) is 29.8 Å². The lowest BCUT2D eigenvalue weighted by Gasteiger charge is -2.14. The van der Waals surface area contributed by atoms with E-state index in [2.05, 4.69) is 5.32 Å². The molecule has 1 aliphatic rings. The Balaban J connectivity index is 1.57. The second-order valence-electron chi connectivity index (χ2n) is 8.51. The fourth-order valence-corrected chi connectivity index (χ4v) is 5.02. The Kier molecular flexibility index (Phi) is 4.78. The number of fused-ring (bicyclic) bond motifs is 1. The van der Waals surface area contributed by atoms with Crippen molar-refractivity contribution in [2.45, 2.75) is 18.9 Å². The van der Waals surface area contributed by atoms with Gasteiger partial charge in [-0.3, -0.25) is 9.59 Å². The largest absolute Gasteiger partial charge is 0.464 e. The number of amides is 1. The zero-order valence-corrected chi connectivity index (χ0v) is 18.6. The van der Waals surface area contributed by atoms with Crippen molar-refractivity contribution in [3.05, 3.63) is 111 Å². The zero-order chi connectivity index (χ0) is 23.4. The lowest BCUT2D eigenvalue weighted by Crippen LogP contribution is -2.19. The van der Waals surface area contributed by atoms with Crippen LogP contribution < -0.4 is 10.7 Å². The Morgan fingerprint density at radius 2 is 1.91 bits per heavy atom. The molecule has 0 aliphatic carbocycles. The van der Waals surface area contributed by atoms with Crippen molar-refractivity contribution in [3.63, 3.8) is 0 Å². The van der Waals surface area contributed by atoms with E-state index in [1.807, 2.05) is 35.0 Å². The third-order valence-corrected chi connectivity index (χ3v) is 6.59. The van der Waals surface area contributed by atoms with Crippen molar-refractivity contribution < 1.29 is 13.6 Å². The Hall–Kier alpha value is -3.90. The number of benzene rings is 3. The highest BCUT2D eigenvalue weighted by Crippen LogP contribution is 2.40. The number of carbonyl (C=O) groups excluding carboxylic acids is 1. The lowest BCUT2D eigenvalue weighted by atomic mass is 9.89. The number of carbonyl (C=O) groups is 1. The normalized spacial score (nSPS) is 15.5. The molecule has 0 radical (unpaired) electrons. The summed E-state index contributed by atoms with van der Waals surface area (Å²) in [6.07, 6.45) is 3.48. The summed E-state index contributed by atoms with van der Waals surface area (Å²) in [7, 11) is 0. The van der Waals surface area contributed by atoms with Crippen LogP contribution in [0.25, 0.3) is 21.9 Å². The average Bonchev–Trinajstić information content (AvgIpc) is 3.10. The lowest BCUT2D eigenvalue weighted by molar-refractivity contribution is -0.116. The maximum atomic E-state index is 13.8. The number of aromatic nitrogens is 1. The van der Waals surface area contributed by atoms with Gasteiger partial charge in [0.25, 0.3) is 0 Å². The molecule has 0 fully saturated rings. The van der Waals surface area contributed by atoms with Crippen molar-refractivity contribution in [3.8, 4) is 0 Å². The fourth-order valence-electron chi connectivity index (χ4n) is 4.85. The highest BCUT2D eigenvalue weighted by Gasteiger charge is 2.30. The molecule has 3 aromatic carbocycles. The van der Waals surface area contributed by atoms with Gasteiger partial charge >= 0.3 is 0 Å². The summed E-state index contributed by atoms with van der Waals surface area (Å²) < 4.78 is 21.6. The number of nitrogens with one attached hydrogen (secondary N) is 1. The summed E-state index contributed by atoms with van der Waals surface area (Å²) >= 11 is 6.13. The maximum absolute atomic E-state index is 13.8. The van der Waals surface area contributed by atoms with Crippen LogP contribution in [0.1, 0.15) is 29.0 Å². The minimum atomic E-state index is -0.514. The maximum Gasteiger partial charge on any atom is 0.225 e. The van der Waals surface area contributed by atoms with Crippen molar-refractivity contribution >= 4 is 45.1 Å². The number of hydrogen-bond acceptors (Lipinski definition) is 3. The first-order valence-electron chi connectivity index (χ1n) is 10.8. The monoisotopic (exact) mass is 472 g/mol. The predicted molar refractivity (Wildman–Crippen MR) is 130 cm³/mol. The van der Waals surface area contributed by atoms with Gasteiger partial charge < -0.3 is 14.3 Å². The van der Waals surface area contributed by atoms with Gasteiger partial charge in [-0.25, -0.2) is 4.39 Å². The molecule has 0 bridgehead atoms. The highest BCUT2D eigenvalue weighted by molar-refractivity contribution is 6.31. The van der Waals surface area contributed by atoms with E-state index in [0.717, 1.165) is 22.0 Å². The van der Waals surface area contributed by atoms with E-state index in [0.29, 0.717) is 33.8 Å². The number of halogens is 2. The molecule has 0 saturated carbocycles. The van der Waals surface area contributed by atoms with Gasteiger partial charge in [-0.2, -0.15) is 0 Å². The first-order chi connectivity index (χ1) is 16.5. The molecular weight excluding hydrogens is 455 g/mol. The molecule has 5 aromatic rings. The molecule has 0 saturated heterocycles. The molecule has 0 unspecified atom stereocenters. The fraction of sp³-hybridized carbons (Fsp3) is 0.111. The van der Waals surface area contributed by atoms with Gasteiger partial charge in [0.1, 0.15) is 11.4 Å². The van der Waals surface area contributed by atoms with Crippen LogP contribution in [-0.2, 0) is 11.3 Å². The van der Waals surface area contributed by atoms with E-state index in [1.165, 1.54) is 18.4 Å². The van der Waals surface area contributed by atoms with Gasteiger partial charge in [0.05, 0.1) is 22.9 Å². The molecule has 2 aromatic heterocycles. The second-order valence-corrected chi connectivity index (χ2v) is 8.94. The van der Waals surface area contributed by atoms with Crippen molar-refractivity contribution in [1.29, 1.82) is 0 Å². The third kappa shape index (κ3) is 3.38. The Labute approximate surface area is 198 Å². The summed E-state index contributed by atoms with van der Waals surface area (Å²) in [5, 5.41) is 4.64. The number of hydrogen-bond donors (Lipinski definition) is 1. The summed E-state index contributed by atoms with van der Waals surface area (Å²) in [5.41, 5.74) is 3.84. The van der Waals surface area contributed by atoms with E-state index in [9.17, 15) is 14.0 Å². The molecule has 6 rings (SSSR count). The van der Waals surface area contributed by atoms with Crippen molar-refractivity contribution in [1.82, 2.24) is 4.57 Å². The minimum Gasteiger partial charge on any atom is -0.464 e. The van der Waals surface area contributed by atoms with Gasteiger partial charge in [0, 0.05) is 41.1 Å². The standard InChI is InChI=1S/C27H18ClFN2O3/c28-16-7-8-24-19(10-16)27(33)21(14-34-24)18-11-25(32)30-22-5-2-6-23-26(22)20(18)13-31(23)12-15-3-1-4-17(29)9-15/h1-10,13-14,18H,11-12H2,(H,30,32)/t18-/m1/s1. The van der Waals surface area contributed by atoms with Crippen molar-refractivity contribution in [2.24, 2.45) is 0 Å². The summed E-state index contributed by atoms with van der Waals surface area (Å²) in [6, 6.07) is 17.0. The van der Waals surface area contributed by atoms with E-state index < -0.39 is 5.92 Å². The first kappa shape index (κ1) is 20.7. The van der Waals surface area contributed by atoms with Gasteiger partial charge in [0.2, 0.25) is 5.91 Å². The molecule has 5 nitrogen and oxygen atoms in total. The van der Waals surface area contributed by atoms with Crippen LogP contribution in [0, 0.1) is 5.82 Å². The highest BCUT2D eigenvalue weighted by atomic mass is 35.5. The van der Waals surface area contributed by atoms with Crippen LogP contribution in [0.2, 0.25) is 5.02 Å². The Bertz CT molecular complexity index is 1670. The van der Waals surface area contributed by atoms with Crippen molar-refractivity contribution in [2.75, 3.05) is 5.32 Å². The molecule has 1 aliphatic heterocycles. The smallest absolute Gasteiger partial charge is 0.225 e. The van der Waals surface area contributed by atoms with Gasteiger partial charge in [-0.15, -0.1) is 0 Å². The van der Waals surface area contributed by atoms with Crippen LogP contribution in [-0.4, -0.2) is 10.5 Å². The van der Waals surface area contributed by atoms with E-state index >= 15 is 0 Å². The molecule has 34 heavy (non-hydrogen) atoms. The van der Waals surface area contributed by atoms with Crippen LogP contribution in [0.15, 0.2) is 82.3 Å². The van der Waals surface area contributed by atoms with Gasteiger partial charge in [-0.05, 0) is 53.6 Å². The quantitative estimate of drug-likeness (QED) is 0.347. The van der Waals surface area contributed by atoms with E-state index in [1.54, 1.807) is 24.3 Å². The molecule has 7 heteroatoms. The SMILES string of the molecule is O=C1C[C@@H](c2coc3ccc(Cl)cc3c2=O)c2cn(Cc3cccc(F)c3)c3cccc(c23)N1. The minimum absolute atomic E-state index is 0.0879. The Morgan fingerprint density at radius 1 is 1.06 bits per heavy atom. The Morgan fingerprint density at radius 3 is 2.76 bits per heavy atom. The van der Waals surface area contributed by atoms with Crippen LogP contribution in [0.3, 0.4) is 0 Å².